The van der Waals surface area contributed by atoms with E-state index in [2.05, 4.69) is 0 Å². The number of benzene rings is 1. The fraction of sp³-hybridized carbons (Fsp3) is 0.400. The largest absolute Gasteiger partial charge is 0.507 e. The minimum Gasteiger partial charge on any atom is -0.507 e. The predicted octanol–water partition coefficient (Wildman–Crippen LogP) is 2.92. The van der Waals surface area contributed by atoms with Crippen molar-refractivity contribution in [2.45, 2.75) is 45.8 Å². The van der Waals surface area contributed by atoms with Gasteiger partial charge in [0.25, 0.3) is 0 Å². The Morgan fingerprint density at radius 2 is 1.77 bits per heavy atom. The summed E-state index contributed by atoms with van der Waals surface area (Å²) in [6.45, 7) is 5.64. The standard InChI is InChI=1S/C20H24O6/c1-4-12(21)10-26-17(8-5-11(2)3)13-9-16(24)18-14(22)6-7-15(23)19(18)20(13)25/h5-7,9,12,17,21-23H,4,8,10H2,1-3H3/t12?,17-/m1/s1. The number of phenols is 2. The summed E-state index contributed by atoms with van der Waals surface area (Å²) in [4.78, 5) is 25.3. The molecular formula is C20H24O6. The van der Waals surface area contributed by atoms with Crippen LogP contribution < -0.4 is 0 Å². The second kappa shape index (κ2) is 8.29. The monoisotopic (exact) mass is 360 g/mol. The zero-order valence-electron chi connectivity index (χ0n) is 15.2. The summed E-state index contributed by atoms with van der Waals surface area (Å²) in [6, 6.07) is 2.35. The molecule has 1 aromatic carbocycles. The highest BCUT2D eigenvalue weighted by Crippen LogP contribution is 2.36. The SMILES string of the molecule is CCC(O)CO[C@H](CC=C(C)C)C1=CC(=O)c2c(O)ccc(O)c2C1=O. The van der Waals surface area contributed by atoms with E-state index in [1.54, 1.807) is 0 Å². The van der Waals surface area contributed by atoms with Crippen molar-refractivity contribution < 1.29 is 29.6 Å². The molecular weight excluding hydrogens is 336 g/mol. The van der Waals surface area contributed by atoms with E-state index >= 15 is 0 Å². The van der Waals surface area contributed by atoms with Gasteiger partial charge in [0.1, 0.15) is 11.5 Å². The second-order valence-corrected chi connectivity index (χ2v) is 6.55. The molecule has 1 aliphatic carbocycles. The number of allylic oxidation sites excluding steroid dienone is 2. The zero-order valence-corrected chi connectivity index (χ0v) is 15.2. The molecule has 6 nitrogen and oxygen atoms in total. The molecule has 1 unspecified atom stereocenters. The van der Waals surface area contributed by atoms with Gasteiger partial charge in [-0.3, -0.25) is 9.59 Å². The van der Waals surface area contributed by atoms with Gasteiger partial charge in [-0.05, 0) is 44.9 Å². The van der Waals surface area contributed by atoms with Crippen molar-refractivity contribution in [3.63, 3.8) is 0 Å². The third-order valence-corrected chi connectivity index (χ3v) is 4.23. The average Bonchev–Trinajstić information content (AvgIpc) is 2.59. The number of hydrogen-bond donors (Lipinski definition) is 3. The number of ketones is 2. The smallest absolute Gasteiger partial charge is 0.196 e. The first-order valence-electron chi connectivity index (χ1n) is 8.54. The van der Waals surface area contributed by atoms with Crippen molar-refractivity contribution in [2.24, 2.45) is 0 Å². The third kappa shape index (κ3) is 4.20. The van der Waals surface area contributed by atoms with Crippen LogP contribution in [0.15, 0.2) is 35.4 Å². The van der Waals surface area contributed by atoms with Gasteiger partial charge in [0.2, 0.25) is 0 Å². The summed E-state index contributed by atoms with van der Waals surface area (Å²) in [5, 5.41) is 29.7. The van der Waals surface area contributed by atoms with Crippen molar-refractivity contribution in [1.29, 1.82) is 0 Å². The molecule has 0 aromatic heterocycles. The summed E-state index contributed by atoms with van der Waals surface area (Å²) in [6.07, 6.45) is 2.45. The Bertz CT molecular complexity index is 771. The minimum atomic E-state index is -0.738. The maximum absolute atomic E-state index is 12.9. The van der Waals surface area contributed by atoms with Gasteiger partial charge in [-0.15, -0.1) is 0 Å². The first-order chi connectivity index (χ1) is 12.3. The Morgan fingerprint density at radius 1 is 1.15 bits per heavy atom. The number of aromatic hydroxyl groups is 2. The van der Waals surface area contributed by atoms with Crippen LogP contribution in [0, 0.1) is 0 Å². The molecule has 0 amide bonds. The Labute approximate surface area is 152 Å². The number of ether oxygens (including phenoxy) is 1. The van der Waals surface area contributed by atoms with Gasteiger partial charge >= 0.3 is 0 Å². The Balaban J connectivity index is 2.41. The molecule has 1 aromatic rings. The Hall–Kier alpha value is -2.44. The molecule has 2 rings (SSSR count). The summed E-state index contributed by atoms with van der Waals surface area (Å²) in [5.74, 6) is -1.85. The quantitative estimate of drug-likeness (QED) is 0.510. The molecule has 0 bridgehead atoms. The number of aliphatic hydroxyl groups is 1. The van der Waals surface area contributed by atoms with E-state index in [0.29, 0.717) is 12.8 Å². The highest BCUT2D eigenvalue weighted by molar-refractivity contribution is 6.27. The highest BCUT2D eigenvalue weighted by atomic mass is 16.5. The molecule has 0 aliphatic heterocycles. The molecule has 0 radical (unpaired) electrons. The highest BCUT2D eigenvalue weighted by Gasteiger charge is 2.34. The summed E-state index contributed by atoms with van der Waals surface area (Å²) in [5.41, 5.74) is 0.706. The minimum absolute atomic E-state index is 0.0233. The summed E-state index contributed by atoms with van der Waals surface area (Å²) >= 11 is 0. The predicted molar refractivity (Wildman–Crippen MR) is 96.6 cm³/mol. The van der Waals surface area contributed by atoms with Crippen molar-refractivity contribution in [2.75, 3.05) is 6.61 Å². The fourth-order valence-electron chi connectivity index (χ4n) is 2.70. The van der Waals surface area contributed by atoms with E-state index in [1.807, 2.05) is 26.8 Å². The maximum Gasteiger partial charge on any atom is 0.196 e. The molecule has 0 heterocycles. The van der Waals surface area contributed by atoms with Crippen LogP contribution in [0.3, 0.4) is 0 Å². The summed E-state index contributed by atoms with van der Waals surface area (Å²) < 4.78 is 5.71. The lowest BCUT2D eigenvalue weighted by Crippen LogP contribution is -2.29. The van der Waals surface area contributed by atoms with Gasteiger partial charge in [0.15, 0.2) is 11.6 Å². The number of carbonyl (C=O) groups is 2. The van der Waals surface area contributed by atoms with Gasteiger partial charge in [-0.2, -0.15) is 0 Å². The molecule has 1 aliphatic rings. The zero-order chi connectivity index (χ0) is 19.4. The van der Waals surface area contributed by atoms with Crippen molar-refractivity contribution in [3.8, 4) is 11.5 Å². The Kier molecular flexibility index (Phi) is 6.34. The third-order valence-electron chi connectivity index (χ3n) is 4.23. The van der Waals surface area contributed by atoms with Crippen LogP contribution in [0.5, 0.6) is 11.5 Å². The van der Waals surface area contributed by atoms with E-state index in [9.17, 15) is 24.9 Å². The molecule has 0 saturated carbocycles. The molecule has 0 fully saturated rings. The van der Waals surface area contributed by atoms with Crippen molar-refractivity contribution in [3.05, 3.63) is 46.6 Å². The van der Waals surface area contributed by atoms with Crippen molar-refractivity contribution >= 4 is 11.6 Å². The van der Waals surface area contributed by atoms with E-state index < -0.39 is 23.8 Å². The molecule has 0 saturated heterocycles. The Morgan fingerprint density at radius 3 is 2.35 bits per heavy atom. The second-order valence-electron chi connectivity index (χ2n) is 6.55. The molecule has 6 heteroatoms. The van der Waals surface area contributed by atoms with E-state index in [4.69, 9.17) is 4.74 Å². The lowest BCUT2D eigenvalue weighted by atomic mass is 9.85. The van der Waals surface area contributed by atoms with E-state index in [-0.39, 0.29) is 34.8 Å². The van der Waals surface area contributed by atoms with Gasteiger partial charge in [0, 0.05) is 5.57 Å². The number of rotatable bonds is 7. The molecule has 26 heavy (non-hydrogen) atoms. The average molecular weight is 360 g/mol. The molecule has 3 N–H and O–H groups in total. The number of carbonyl (C=O) groups excluding carboxylic acids is 2. The number of fused-ring (bicyclic) bond motifs is 1. The summed E-state index contributed by atoms with van der Waals surface area (Å²) in [7, 11) is 0. The van der Waals surface area contributed by atoms with E-state index in [1.165, 1.54) is 12.1 Å². The number of hydrogen-bond acceptors (Lipinski definition) is 6. The van der Waals surface area contributed by atoms with E-state index in [0.717, 1.165) is 11.6 Å². The first kappa shape index (κ1) is 19.9. The van der Waals surface area contributed by atoms with Crippen LogP contribution in [0.25, 0.3) is 0 Å². The van der Waals surface area contributed by atoms with Gasteiger partial charge in [0.05, 0.1) is 29.9 Å². The normalized spacial score (nSPS) is 15.9. The molecule has 140 valence electrons. The number of aliphatic hydroxyl groups excluding tert-OH is 1. The van der Waals surface area contributed by atoms with Crippen LogP contribution in [-0.2, 0) is 4.74 Å². The van der Waals surface area contributed by atoms with Crippen LogP contribution >= 0.6 is 0 Å². The van der Waals surface area contributed by atoms with Crippen LogP contribution in [0.1, 0.15) is 54.3 Å². The van der Waals surface area contributed by atoms with Crippen LogP contribution in [0.4, 0.5) is 0 Å². The number of Topliss-reactive ketones (excluding diaryl/α,β-unsaturated/α-hetero) is 1. The molecule has 0 spiro atoms. The molecule has 2 atom stereocenters. The van der Waals surface area contributed by atoms with Crippen LogP contribution in [-0.4, -0.2) is 45.7 Å². The maximum atomic E-state index is 12.9. The van der Waals surface area contributed by atoms with Gasteiger partial charge in [-0.25, -0.2) is 0 Å². The lowest BCUT2D eigenvalue weighted by molar-refractivity contribution is 0.00492. The van der Waals surface area contributed by atoms with Gasteiger partial charge < -0.3 is 20.1 Å². The fourth-order valence-corrected chi connectivity index (χ4v) is 2.70. The lowest BCUT2D eigenvalue weighted by Gasteiger charge is -2.24. The van der Waals surface area contributed by atoms with Crippen LogP contribution in [0.2, 0.25) is 0 Å². The van der Waals surface area contributed by atoms with Gasteiger partial charge in [-0.1, -0.05) is 18.6 Å². The number of phenolic OH excluding ortho intramolecular Hbond substituents is 2. The topological polar surface area (TPSA) is 104 Å². The van der Waals surface area contributed by atoms with Crippen molar-refractivity contribution in [1.82, 2.24) is 0 Å². The first-order valence-corrected chi connectivity index (χ1v) is 8.54.